The number of ether oxygens (including phenoxy) is 1. The molecule has 1 amide bonds. The van der Waals surface area contributed by atoms with Gasteiger partial charge in [0.15, 0.2) is 0 Å². The molecule has 6 heteroatoms. The highest BCUT2D eigenvalue weighted by molar-refractivity contribution is 5.87. The standard InChI is InChI=1S/C33H63NO5/c1-3-5-7-9-11-13-15-16-17-18-20-22-24-26-28-39-33(38)30(29-32(36)37)34-31(35)27-25-23-21-19-14-12-10-8-6-4-2/h30H,3-29H2,1-2H3,(H,34,35)(H,36,37)/t30-/m0/s1. The number of nitrogens with one attached hydrogen (secondary N) is 1. The van der Waals surface area contributed by atoms with E-state index >= 15 is 0 Å². The van der Waals surface area contributed by atoms with Gasteiger partial charge < -0.3 is 15.2 Å². The van der Waals surface area contributed by atoms with Gasteiger partial charge in [0, 0.05) is 6.42 Å². The van der Waals surface area contributed by atoms with Gasteiger partial charge in [0.1, 0.15) is 6.04 Å². The second kappa shape index (κ2) is 29.4. The molecule has 0 spiro atoms. The fourth-order valence-corrected chi connectivity index (χ4v) is 4.98. The van der Waals surface area contributed by atoms with Crippen LogP contribution in [0.25, 0.3) is 0 Å². The largest absolute Gasteiger partial charge is 0.481 e. The molecule has 0 aliphatic heterocycles. The van der Waals surface area contributed by atoms with Crippen molar-refractivity contribution in [3.8, 4) is 0 Å². The molecule has 0 heterocycles. The predicted octanol–water partition coefficient (Wildman–Crippen LogP) is 9.28. The Morgan fingerprint density at radius 1 is 0.564 bits per heavy atom. The smallest absolute Gasteiger partial charge is 0.329 e. The fourth-order valence-electron chi connectivity index (χ4n) is 4.98. The van der Waals surface area contributed by atoms with E-state index in [2.05, 4.69) is 19.2 Å². The molecular weight excluding hydrogens is 490 g/mol. The quantitative estimate of drug-likeness (QED) is 0.0683. The lowest BCUT2D eigenvalue weighted by molar-refractivity contribution is -0.151. The molecule has 0 aromatic carbocycles. The number of hydrogen-bond acceptors (Lipinski definition) is 4. The van der Waals surface area contributed by atoms with E-state index in [0.717, 1.165) is 38.5 Å². The van der Waals surface area contributed by atoms with Crippen LogP contribution in [0, 0.1) is 0 Å². The third-order valence-electron chi connectivity index (χ3n) is 7.50. The summed E-state index contributed by atoms with van der Waals surface area (Å²) in [7, 11) is 0. The summed E-state index contributed by atoms with van der Waals surface area (Å²) in [5.74, 6) is -2.02. The van der Waals surface area contributed by atoms with Crippen LogP contribution in [-0.4, -0.2) is 35.6 Å². The maximum absolute atomic E-state index is 12.4. The van der Waals surface area contributed by atoms with E-state index in [1.165, 1.54) is 116 Å². The van der Waals surface area contributed by atoms with E-state index in [1.54, 1.807) is 0 Å². The van der Waals surface area contributed by atoms with Crippen molar-refractivity contribution in [3.63, 3.8) is 0 Å². The van der Waals surface area contributed by atoms with Crippen LogP contribution >= 0.6 is 0 Å². The van der Waals surface area contributed by atoms with Crippen molar-refractivity contribution in [2.24, 2.45) is 0 Å². The van der Waals surface area contributed by atoms with Crippen LogP contribution in [0.4, 0.5) is 0 Å². The number of carbonyl (C=O) groups excluding carboxylic acids is 2. The fraction of sp³-hybridized carbons (Fsp3) is 0.909. The first-order valence-electron chi connectivity index (χ1n) is 16.7. The van der Waals surface area contributed by atoms with Gasteiger partial charge in [0.25, 0.3) is 0 Å². The SMILES string of the molecule is CCCCCCCCCCCCCCCCOC(=O)[C@H](CC(=O)O)NC(=O)CCCCCCCCCCCC. The van der Waals surface area contributed by atoms with E-state index in [-0.39, 0.29) is 12.5 Å². The third-order valence-corrected chi connectivity index (χ3v) is 7.50. The van der Waals surface area contributed by atoms with Gasteiger partial charge in [-0.3, -0.25) is 9.59 Å². The first-order chi connectivity index (χ1) is 19.0. The summed E-state index contributed by atoms with van der Waals surface area (Å²) in [5, 5.41) is 11.7. The molecule has 0 saturated heterocycles. The Morgan fingerprint density at radius 2 is 0.923 bits per heavy atom. The highest BCUT2D eigenvalue weighted by Crippen LogP contribution is 2.14. The number of carboxylic acid groups (broad SMARTS) is 1. The maximum atomic E-state index is 12.4. The first-order valence-corrected chi connectivity index (χ1v) is 16.7. The molecule has 2 N–H and O–H groups in total. The Kier molecular flexibility index (Phi) is 28.2. The van der Waals surface area contributed by atoms with E-state index < -0.39 is 24.4 Å². The molecule has 0 aliphatic rings. The molecule has 0 aromatic heterocycles. The lowest BCUT2D eigenvalue weighted by Gasteiger charge is -2.16. The van der Waals surface area contributed by atoms with Gasteiger partial charge in [-0.1, -0.05) is 155 Å². The minimum Gasteiger partial charge on any atom is -0.481 e. The van der Waals surface area contributed by atoms with E-state index in [9.17, 15) is 14.4 Å². The first kappa shape index (κ1) is 37.4. The van der Waals surface area contributed by atoms with Crippen molar-refractivity contribution in [2.45, 2.75) is 187 Å². The molecular formula is C33H63NO5. The Labute approximate surface area is 240 Å². The second-order valence-corrected chi connectivity index (χ2v) is 11.4. The number of carboxylic acids is 1. The van der Waals surface area contributed by atoms with Crippen molar-refractivity contribution < 1.29 is 24.2 Å². The molecule has 0 bridgehead atoms. The van der Waals surface area contributed by atoms with Gasteiger partial charge in [-0.2, -0.15) is 0 Å². The summed E-state index contributed by atoms with van der Waals surface area (Å²) in [6.07, 6.45) is 29.3. The van der Waals surface area contributed by atoms with Crippen molar-refractivity contribution in [3.05, 3.63) is 0 Å². The summed E-state index contributed by atoms with van der Waals surface area (Å²) in [5.41, 5.74) is 0. The van der Waals surface area contributed by atoms with E-state index in [1.807, 2.05) is 0 Å². The molecule has 0 fully saturated rings. The molecule has 0 unspecified atom stereocenters. The molecule has 0 saturated carbocycles. The van der Waals surface area contributed by atoms with Gasteiger partial charge in [0.2, 0.25) is 5.91 Å². The zero-order valence-electron chi connectivity index (χ0n) is 25.7. The molecule has 0 radical (unpaired) electrons. The summed E-state index contributed by atoms with van der Waals surface area (Å²) in [6, 6.07) is -1.11. The average molecular weight is 554 g/mol. The highest BCUT2D eigenvalue weighted by atomic mass is 16.5. The number of amides is 1. The lowest BCUT2D eigenvalue weighted by atomic mass is 10.0. The average Bonchev–Trinajstić information content (AvgIpc) is 2.91. The zero-order chi connectivity index (χ0) is 28.8. The Bertz CT molecular complexity index is 580. The van der Waals surface area contributed by atoms with Crippen molar-refractivity contribution >= 4 is 17.8 Å². The van der Waals surface area contributed by atoms with Crippen LogP contribution in [0.3, 0.4) is 0 Å². The summed E-state index contributed by atoms with van der Waals surface area (Å²) < 4.78 is 5.30. The monoisotopic (exact) mass is 553 g/mol. The Hall–Kier alpha value is -1.59. The number of rotatable bonds is 30. The number of carbonyl (C=O) groups is 3. The van der Waals surface area contributed by atoms with Crippen molar-refractivity contribution in [2.75, 3.05) is 6.61 Å². The molecule has 0 aromatic rings. The maximum Gasteiger partial charge on any atom is 0.329 e. The highest BCUT2D eigenvalue weighted by Gasteiger charge is 2.24. The summed E-state index contributed by atoms with van der Waals surface area (Å²) >= 11 is 0. The zero-order valence-corrected chi connectivity index (χ0v) is 25.7. The van der Waals surface area contributed by atoms with Crippen LogP contribution in [0.1, 0.15) is 181 Å². The number of aliphatic carboxylic acids is 1. The van der Waals surface area contributed by atoms with E-state index in [4.69, 9.17) is 9.84 Å². The van der Waals surface area contributed by atoms with Crippen LogP contribution in [0.5, 0.6) is 0 Å². The van der Waals surface area contributed by atoms with Gasteiger partial charge in [-0.05, 0) is 12.8 Å². The summed E-state index contributed by atoms with van der Waals surface area (Å²) in [6.45, 7) is 4.76. The van der Waals surface area contributed by atoms with Gasteiger partial charge >= 0.3 is 11.9 Å². The van der Waals surface area contributed by atoms with E-state index in [0.29, 0.717) is 6.42 Å². The van der Waals surface area contributed by atoms with Crippen LogP contribution in [-0.2, 0) is 19.1 Å². The molecule has 0 aliphatic carbocycles. The lowest BCUT2D eigenvalue weighted by Crippen LogP contribution is -2.43. The Morgan fingerprint density at radius 3 is 1.31 bits per heavy atom. The molecule has 230 valence electrons. The predicted molar refractivity (Wildman–Crippen MR) is 162 cm³/mol. The molecule has 1 atom stereocenters. The van der Waals surface area contributed by atoms with Crippen LogP contribution < -0.4 is 5.32 Å². The molecule has 0 rings (SSSR count). The minimum absolute atomic E-state index is 0.269. The van der Waals surface area contributed by atoms with Gasteiger partial charge in [-0.25, -0.2) is 4.79 Å². The van der Waals surface area contributed by atoms with Gasteiger partial charge in [-0.15, -0.1) is 0 Å². The second-order valence-electron chi connectivity index (χ2n) is 11.4. The minimum atomic E-state index is -1.12. The Balaban J connectivity index is 3.79. The van der Waals surface area contributed by atoms with Crippen molar-refractivity contribution in [1.82, 2.24) is 5.32 Å². The third kappa shape index (κ3) is 27.8. The molecule has 6 nitrogen and oxygen atoms in total. The van der Waals surface area contributed by atoms with Crippen LogP contribution in [0.15, 0.2) is 0 Å². The normalized spacial score (nSPS) is 11.8. The van der Waals surface area contributed by atoms with Crippen LogP contribution in [0.2, 0.25) is 0 Å². The van der Waals surface area contributed by atoms with Gasteiger partial charge in [0.05, 0.1) is 13.0 Å². The number of hydrogen-bond donors (Lipinski definition) is 2. The van der Waals surface area contributed by atoms with Crippen molar-refractivity contribution in [1.29, 1.82) is 0 Å². The number of esters is 1. The summed E-state index contributed by atoms with van der Waals surface area (Å²) in [4.78, 5) is 35.9. The number of unbranched alkanes of at least 4 members (excludes halogenated alkanes) is 22. The molecule has 39 heavy (non-hydrogen) atoms. The topological polar surface area (TPSA) is 92.7 Å².